The molecule has 0 radical (unpaired) electrons. The molecule has 0 aliphatic heterocycles. The molecule has 1 heterocycles. The van der Waals surface area contributed by atoms with Crippen LogP contribution >= 0.6 is 15.9 Å². The molecule has 0 unspecified atom stereocenters. The van der Waals surface area contributed by atoms with E-state index in [2.05, 4.69) is 21.4 Å². The molecule has 1 saturated carbocycles. The lowest BCUT2D eigenvalue weighted by Gasteiger charge is -2.10. The summed E-state index contributed by atoms with van der Waals surface area (Å²) in [4.78, 5) is 5.50. The van der Waals surface area contributed by atoms with Gasteiger partial charge in [-0.15, -0.1) is 0 Å². The van der Waals surface area contributed by atoms with Crippen molar-refractivity contribution in [3.63, 3.8) is 0 Å². The van der Waals surface area contributed by atoms with Gasteiger partial charge in [-0.1, -0.05) is 12.8 Å². The number of rotatable bonds is 4. The maximum absolute atomic E-state index is 5.50. The van der Waals surface area contributed by atoms with E-state index in [1.54, 1.807) is 6.26 Å². The minimum atomic E-state index is 0.392. The van der Waals surface area contributed by atoms with Gasteiger partial charge in [0.2, 0.25) is 0 Å². The highest BCUT2D eigenvalue weighted by molar-refractivity contribution is 9.10. The molecule has 0 bridgehead atoms. The van der Waals surface area contributed by atoms with Crippen molar-refractivity contribution >= 4 is 15.9 Å². The fourth-order valence-electron chi connectivity index (χ4n) is 1.68. The molecule has 0 saturated heterocycles. The molecule has 0 spiro atoms. The number of nitrogens with one attached hydrogen (secondary N) is 1. The van der Waals surface area contributed by atoms with E-state index >= 15 is 0 Å². The summed E-state index contributed by atoms with van der Waals surface area (Å²) < 4.78 is 6.23. The smallest absolute Gasteiger partial charge is 0.134 e. The zero-order valence-corrected chi connectivity index (χ0v) is 9.55. The van der Waals surface area contributed by atoms with Gasteiger partial charge in [-0.3, -0.25) is 4.84 Å². The molecule has 2 rings (SSSR count). The Morgan fingerprint density at radius 3 is 2.93 bits per heavy atom. The first-order valence-electron chi connectivity index (χ1n) is 4.96. The van der Waals surface area contributed by atoms with Crippen LogP contribution in [-0.4, -0.2) is 6.10 Å². The second-order valence-corrected chi connectivity index (χ2v) is 4.39. The van der Waals surface area contributed by atoms with Crippen LogP contribution in [0.3, 0.4) is 0 Å². The third-order valence-electron chi connectivity index (χ3n) is 2.48. The highest BCUT2D eigenvalue weighted by Crippen LogP contribution is 2.21. The summed E-state index contributed by atoms with van der Waals surface area (Å²) in [6.45, 7) is 0.615. The third-order valence-corrected chi connectivity index (χ3v) is 3.18. The molecule has 3 nitrogen and oxygen atoms in total. The standard InChI is InChI=1S/C10H14BrNO2/c11-9-5-6-13-10(9)7-12-14-8-3-1-2-4-8/h5-6,8,12H,1-4,7H2. The van der Waals surface area contributed by atoms with E-state index in [1.807, 2.05) is 6.07 Å². The van der Waals surface area contributed by atoms with Crippen molar-refractivity contribution in [3.8, 4) is 0 Å². The van der Waals surface area contributed by atoms with Crippen LogP contribution in [0.4, 0.5) is 0 Å². The maximum Gasteiger partial charge on any atom is 0.134 e. The summed E-state index contributed by atoms with van der Waals surface area (Å²) in [6, 6.07) is 1.88. The van der Waals surface area contributed by atoms with Crippen molar-refractivity contribution < 1.29 is 9.25 Å². The summed E-state index contributed by atoms with van der Waals surface area (Å²) in [5.74, 6) is 0.878. The van der Waals surface area contributed by atoms with Gasteiger partial charge >= 0.3 is 0 Å². The van der Waals surface area contributed by atoms with Crippen LogP contribution in [0.1, 0.15) is 31.4 Å². The summed E-state index contributed by atoms with van der Waals surface area (Å²) >= 11 is 3.39. The second kappa shape index (κ2) is 4.96. The predicted octanol–water partition coefficient (Wildman–Crippen LogP) is 3.01. The van der Waals surface area contributed by atoms with Crippen molar-refractivity contribution in [3.05, 3.63) is 22.6 Å². The highest BCUT2D eigenvalue weighted by atomic mass is 79.9. The van der Waals surface area contributed by atoms with Gasteiger partial charge < -0.3 is 4.42 Å². The van der Waals surface area contributed by atoms with Gasteiger partial charge in [-0.05, 0) is 34.8 Å². The zero-order valence-electron chi connectivity index (χ0n) is 7.96. The summed E-state index contributed by atoms with van der Waals surface area (Å²) in [5.41, 5.74) is 2.95. The SMILES string of the molecule is Brc1ccoc1CNOC1CCCC1. The van der Waals surface area contributed by atoms with Crippen molar-refractivity contribution in [1.29, 1.82) is 0 Å². The van der Waals surface area contributed by atoms with E-state index in [1.165, 1.54) is 25.7 Å². The molecule has 1 aliphatic carbocycles. The summed E-state index contributed by atoms with van der Waals surface area (Å²) in [7, 11) is 0. The lowest BCUT2D eigenvalue weighted by atomic mass is 10.3. The Hall–Kier alpha value is -0.320. The molecule has 1 aliphatic rings. The van der Waals surface area contributed by atoms with E-state index in [-0.39, 0.29) is 0 Å². The summed E-state index contributed by atoms with van der Waals surface area (Å²) in [6.07, 6.45) is 6.98. The van der Waals surface area contributed by atoms with Crippen LogP contribution in [0.25, 0.3) is 0 Å². The van der Waals surface area contributed by atoms with E-state index in [0.29, 0.717) is 12.6 Å². The fraction of sp³-hybridized carbons (Fsp3) is 0.600. The van der Waals surface area contributed by atoms with Gasteiger partial charge in [-0.2, -0.15) is 5.48 Å². The highest BCUT2D eigenvalue weighted by Gasteiger charge is 2.15. The molecule has 1 fully saturated rings. The molecule has 14 heavy (non-hydrogen) atoms. The Morgan fingerprint density at radius 2 is 2.29 bits per heavy atom. The molecule has 78 valence electrons. The topological polar surface area (TPSA) is 34.4 Å². The van der Waals surface area contributed by atoms with Gasteiger partial charge in [0.1, 0.15) is 5.76 Å². The van der Waals surface area contributed by atoms with Crippen molar-refractivity contribution in [2.24, 2.45) is 0 Å². The quantitative estimate of drug-likeness (QED) is 0.845. The molecule has 0 amide bonds. The number of furan rings is 1. The van der Waals surface area contributed by atoms with Crippen LogP contribution in [-0.2, 0) is 11.4 Å². The molecule has 0 atom stereocenters. The molecule has 4 heteroatoms. The van der Waals surface area contributed by atoms with Gasteiger partial charge in [0.15, 0.2) is 0 Å². The molecular formula is C10H14BrNO2. The monoisotopic (exact) mass is 259 g/mol. The second-order valence-electron chi connectivity index (χ2n) is 3.54. The largest absolute Gasteiger partial charge is 0.467 e. The van der Waals surface area contributed by atoms with Crippen molar-refractivity contribution in [2.75, 3.05) is 0 Å². The summed E-state index contributed by atoms with van der Waals surface area (Å²) in [5, 5.41) is 0. The van der Waals surface area contributed by atoms with Crippen LogP contribution in [0.15, 0.2) is 21.2 Å². The molecule has 1 aromatic rings. The van der Waals surface area contributed by atoms with Crippen LogP contribution < -0.4 is 5.48 Å². The lowest BCUT2D eigenvalue weighted by Crippen LogP contribution is -2.21. The van der Waals surface area contributed by atoms with E-state index in [4.69, 9.17) is 9.25 Å². The van der Waals surface area contributed by atoms with Gasteiger partial charge in [0, 0.05) is 0 Å². The van der Waals surface area contributed by atoms with E-state index < -0.39 is 0 Å². The molecular weight excluding hydrogens is 246 g/mol. The van der Waals surface area contributed by atoms with Crippen LogP contribution in [0.5, 0.6) is 0 Å². The molecule has 1 N–H and O–H groups in total. The Labute approximate surface area is 91.9 Å². The van der Waals surface area contributed by atoms with Crippen LogP contribution in [0, 0.1) is 0 Å². The Kier molecular flexibility index (Phi) is 3.61. The van der Waals surface area contributed by atoms with E-state index in [0.717, 1.165) is 10.2 Å². The van der Waals surface area contributed by atoms with Gasteiger partial charge in [-0.25, -0.2) is 0 Å². The number of halogens is 1. The first-order chi connectivity index (χ1) is 6.86. The Balaban J connectivity index is 1.70. The first-order valence-corrected chi connectivity index (χ1v) is 5.76. The number of hydroxylamine groups is 1. The average Bonchev–Trinajstić information content (AvgIpc) is 2.78. The Bertz CT molecular complexity index is 281. The predicted molar refractivity (Wildman–Crippen MR) is 56.6 cm³/mol. The minimum absolute atomic E-state index is 0.392. The first kappa shape index (κ1) is 10.2. The van der Waals surface area contributed by atoms with Crippen LogP contribution in [0.2, 0.25) is 0 Å². The average molecular weight is 260 g/mol. The van der Waals surface area contributed by atoms with Gasteiger partial charge in [0.05, 0.1) is 23.4 Å². The number of hydrogen-bond acceptors (Lipinski definition) is 3. The van der Waals surface area contributed by atoms with Crippen molar-refractivity contribution in [2.45, 2.75) is 38.3 Å². The third kappa shape index (κ3) is 2.59. The lowest BCUT2D eigenvalue weighted by molar-refractivity contribution is -0.0269. The Morgan fingerprint density at radius 1 is 1.50 bits per heavy atom. The number of hydrogen-bond donors (Lipinski definition) is 1. The minimum Gasteiger partial charge on any atom is -0.467 e. The molecule has 0 aromatic carbocycles. The van der Waals surface area contributed by atoms with E-state index in [9.17, 15) is 0 Å². The van der Waals surface area contributed by atoms with Gasteiger partial charge in [0.25, 0.3) is 0 Å². The fourth-order valence-corrected chi connectivity index (χ4v) is 2.02. The zero-order chi connectivity index (χ0) is 9.80. The maximum atomic E-state index is 5.50. The van der Waals surface area contributed by atoms with Crippen molar-refractivity contribution in [1.82, 2.24) is 5.48 Å². The molecule has 1 aromatic heterocycles. The normalized spacial score (nSPS) is 17.8.